The van der Waals surface area contributed by atoms with Crippen LogP contribution in [0.1, 0.15) is 11.5 Å². The zero-order valence-corrected chi connectivity index (χ0v) is 7.43. The van der Waals surface area contributed by atoms with Gasteiger partial charge >= 0.3 is 0 Å². The van der Waals surface area contributed by atoms with Crippen molar-refractivity contribution < 1.29 is 10.2 Å². The fourth-order valence-corrected chi connectivity index (χ4v) is 2.11. The molecule has 1 saturated carbocycles. The van der Waals surface area contributed by atoms with E-state index in [0.717, 1.165) is 0 Å². The van der Waals surface area contributed by atoms with E-state index in [4.69, 9.17) is 10.2 Å². The van der Waals surface area contributed by atoms with Crippen molar-refractivity contribution >= 4 is 0 Å². The summed E-state index contributed by atoms with van der Waals surface area (Å²) in [5, 5.41) is 18.1. The molecule has 0 amide bonds. The Morgan fingerprint density at radius 1 is 0.923 bits per heavy atom. The van der Waals surface area contributed by atoms with Gasteiger partial charge in [-0.2, -0.15) is 0 Å². The molecule has 0 aromatic heterocycles. The second-order valence-corrected chi connectivity index (χ2v) is 3.63. The van der Waals surface area contributed by atoms with Crippen LogP contribution in [0.2, 0.25) is 0 Å². The first-order valence-electron chi connectivity index (χ1n) is 4.65. The molecule has 2 heteroatoms. The van der Waals surface area contributed by atoms with Crippen molar-refractivity contribution in [3.05, 3.63) is 35.9 Å². The van der Waals surface area contributed by atoms with Gasteiger partial charge in [-0.1, -0.05) is 30.3 Å². The lowest BCUT2D eigenvalue weighted by atomic mass is 10.1. The Bertz CT molecular complexity index is 261. The van der Waals surface area contributed by atoms with Gasteiger partial charge in [-0.25, -0.2) is 0 Å². The average Bonchev–Trinajstić information content (AvgIpc) is 2.92. The highest BCUT2D eigenvalue weighted by Crippen LogP contribution is 2.53. The van der Waals surface area contributed by atoms with Gasteiger partial charge in [0.25, 0.3) is 0 Å². The van der Waals surface area contributed by atoms with Gasteiger partial charge in [0.2, 0.25) is 0 Å². The summed E-state index contributed by atoms with van der Waals surface area (Å²) in [6.45, 7) is 0.371. The second-order valence-electron chi connectivity index (χ2n) is 3.63. The zero-order valence-electron chi connectivity index (χ0n) is 7.43. The molecule has 0 aliphatic heterocycles. The van der Waals surface area contributed by atoms with E-state index in [0.29, 0.717) is 5.92 Å². The maximum Gasteiger partial charge on any atom is 0.0468 e. The summed E-state index contributed by atoms with van der Waals surface area (Å²) in [6.07, 6.45) is 0. The molecule has 13 heavy (non-hydrogen) atoms. The van der Waals surface area contributed by atoms with Crippen LogP contribution in [0.15, 0.2) is 30.3 Å². The summed E-state index contributed by atoms with van der Waals surface area (Å²) in [5.74, 6) is 0.913. The third-order valence-corrected chi connectivity index (χ3v) is 2.94. The van der Waals surface area contributed by atoms with Crippen LogP contribution in [0.25, 0.3) is 0 Å². The quantitative estimate of drug-likeness (QED) is 0.725. The highest BCUT2D eigenvalue weighted by Gasteiger charge is 2.49. The van der Waals surface area contributed by atoms with Gasteiger partial charge in [0, 0.05) is 13.2 Å². The number of rotatable bonds is 3. The van der Waals surface area contributed by atoms with Crippen LogP contribution in [-0.2, 0) is 0 Å². The van der Waals surface area contributed by atoms with Crippen molar-refractivity contribution in [1.82, 2.24) is 0 Å². The first-order valence-corrected chi connectivity index (χ1v) is 4.65. The molecular weight excluding hydrogens is 164 g/mol. The van der Waals surface area contributed by atoms with E-state index in [9.17, 15) is 0 Å². The Morgan fingerprint density at radius 3 is 1.92 bits per heavy atom. The molecule has 2 unspecified atom stereocenters. The average molecular weight is 178 g/mol. The molecule has 1 aromatic carbocycles. The van der Waals surface area contributed by atoms with E-state index in [-0.39, 0.29) is 25.0 Å². The summed E-state index contributed by atoms with van der Waals surface area (Å²) in [4.78, 5) is 0. The lowest BCUT2D eigenvalue weighted by Crippen LogP contribution is -1.91. The maximum atomic E-state index is 9.03. The standard InChI is InChI=1S/C11H14O2/c12-6-9-10(7-13)11(9)8-4-2-1-3-5-8/h1-5,9-13H,6-7H2. The van der Waals surface area contributed by atoms with Crippen LogP contribution < -0.4 is 0 Å². The van der Waals surface area contributed by atoms with Gasteiger partial charge in [-0.3, -0.25) is 0 Å². The summed E-state index contributed by atoms with van der Waals surface area (Å²) >= 11 is 0. The van der Waals surface area contributed by atoms with Crippen LogP contribution >= 0.6 is 0 Å². The number of aliphatic hydroxyl groups is 2. The normalized spacial score (nSPS) is 31.7. The molecule has 2 nitrogen and oxygen atoms in total. The third-order valence-electron chi connectivity index (χ3n) is 2.94. The zero-order chi connectivity index (χ0) is 9.26. The number of aliphatic hydroxyl groups excluding tert-OH is 2. The molecule has 0 heterocycles. The largest absolute Gasteiger partial charge is 0.396 e. The molecule has 1 aliphatic rings. The van der Waals surface area contributed by atoms with Crippen LogP contribution in [0.3, 0.4) is 0 Å². The van der Waals surface area contributed by atoms with Gasteiger partial charge in [-0.15, -0.1) is 0 Å². The molecule has 2 rings (SSSR count). The molecular formula is C11H14O2. The van der Waals surface area contributed by atoms with E-state index in [1.165, 1.54) is 5.56 Å². The smallest absolute Gasteiger partial charge is 0.0468 e. The predicted molar refractivity (Wildman–Crippen MR) is 50.3 cm³/mol. The molecule has 1 aromatic rings. The Kier molecular flexibility index (Phi) is 2.34. The molecule has 70 valence electrons. The molecule has 1 fully saturated rings. The van der Waals surface area contributed by atoms with Gasteiger partial charge in [0.1, 0.15) is 0 Å². The minimum absolute atomic E-state index is 0.185. The summed E-state index contributed by atoms with van der Waals surface area (Å²) in [7, 11) is 0. The lowest BCUT2D eigenvalue weighted by molar-refractivity contribution is 0.232. The SMILES string of the molecule is OCC1C(CO)C1c1ccccc1. The first kappa shape index (κ1) is 8.73. The van der Waals surface area contributed by atoms with Crippen molar-refractivity contribution in [2.24, 2.45) is 11.8 Å². The number of hydrogen-bond acceptors (Lipinski definition) is 2. The molecule has 0 saturated heterocycles. The monoisotopic (exact) mass is 178 g/mol. The van der Waals surface area contributed by atoms with E-state index in [1.807, 2.05) is 18.2 Å². The topological polar surface area (TPSA) is 40.5 Å². The fourth-order valence-electron chi connectivity index (χ4n) is 2.11. The predicted octanol–water partition coefficient (Wildman–Crippen LogP) is 1.00. The second kappa shape index (κ2) is 3.48. The van der Waals surface area contributed by atoms with Crippen LogP contribution in [0.5, 0.6) is 0 Å². The number of hydrogen-bond donors (Lipinski definition) is 2. The highest BCUT2D eigenvalue weighted by atomic mass is 16.3. The van der Waals surface area contributed by atoms with Crippen LogP contribution in [-0.4, -0.2) is 23.4 Å². The molecule has 0 spiro atoms. The van der Waals surface area contributed by atoms with Gasteiger partial charge in [0.05, 0.1) is 0 Å². The molecule has 1 aliphatic carbocycles. The van der Waals surface area contributed by atoms with Crippen molar-refractivity contribution in [2.75, 3.05) is 13.2 Å². The van der Waals surface area contributed by atoms with Crippen molar-refractivity contribution in [3.8, 4) is 0 Å². The summed E-state index contributed by atoms with van der Waals surface area (Å²) < 4.78 is 0. The Morgan fingerprint density at radius 2 is 1.46 bits per heavy atom. The van der Waals surface area contributed by atoms with E-state index >= 15 is 0 Å². The Hall–Kier alpha value is -0.860. The van der Waals surface area contributed by atoms with E-state index in [2.05, 4.69) is 12.1 Å². The van der Waals surface area contributed by atoms with Gasteiger partial charge in [-0.05, 0) is 23.3 Å². The summed E-state index contributed by atoms with van der Waals surface area (Å²) in [6, 6.07) is 10.1. The molecule has 2 N–H and O–H groups in total. The Labute approximate surface area is 77.8 Å². The Balaban J connectivity index is 2.12. The van der Waals surface area contributed by atoms with Crippen LogP contribution in [0, 0.1) is 11.8 Å². The third kappa shape index (κ3) is 1.47. The van der Waals surface area contributed by atoms with Crippen molar-refractivity contribution in [1.29, 1.82) is 0 Å². The van der Waals surface area contributed by atoms with E-state index < -0.39 is 0 Å². The molecule has 0 radical (unpaired) electrons. The first-order chi connectivity index (χ1) is 6.38. The van der Waals surface area contributed by atoms with Gasteiger partial charge in [0.15, 0.2) is 0 Å². The number of benzene rings is 1. The lowest BCUT2D eigenvalue weighted by Gasteiger charge is -1.97. The van der Waals surface area contributed by atoms with Crippen LogP contribution in [0.4, 0.5) is 0 Å². The minimum Gasteiger partial charge on any atom is -0.396 e. The van der Waals surface area contributed by atoms with Crippen molar-refractivity contribution in [3.63, 3.8) is 0 Å². The molecule has 0 bridgehead atoms. The highest BCUT2D eigenvalue weighted by molar-refractivity contribution is 5.28. The minimum atomic E-state index is 0.185. The molecule has 2 atom stereocenters. The van der Waals surface area contributed by atoms with E-state index in [1.54, 1.807) is 0 Å². The fraction of sp³-hybridized carbons (Fsp3) is 0.455. The summed E-state index contributed by atoms with van der Waals surface area (Å²) in [5.41, 5.74) is 1.24. The van der Waals surface area contributed by atoms with Gasteiger partial charge < -0.3 is 10.2 Å². The van der Waals surface area contributed by atoms with Crippen molar-refractivity contribution in [2.45, 2.75) is 5.92 Å². The maximum absolute atomic E-state index is 9.03.